The van der Waals surface area contributed by atoms with Crippen molar-refractivity contribution in [3.63, 3.8) is 0 Å². The number of ether oxygens (including phenoxy) is 2. The summed E-state index contributed by atoms with van der Waals surface area (Å²) in [6, 6.07) is 7.87. The van der Waals surface area contributed by atoms with Crippen LogP contribution in [0.25, 0.3) is 0 Å². The molecule has 1 N–H and O–H groups in total. The van der Waals surface area contributed by atoms with Crippen LogP contribution in [0.2, 0.25) is 0 Å². The van der Waals surface area contributed by atoms with Gasteiger partial charge in [0.1, 0.15) is 18.2 Å². The predicted octanol–water partition coefficient (Wildman–Crippen LogP) is 3.26. The van der Waals surface area contributed by atoms with Gasteiger partial charge in [0.05, 0.1) is 13.7 Å². The summed E-state index contributed by atoms with van der Waals surface area (Å²) < 4.78 is 10.8. The van der Waals surface area contributed by atoms with Gasteiger partial charge < -0.3 is 14.5 Å². The van der Waals surface area contributed by atoms with E-state index in [0.717, 1.165) is 22.8 Å². The van der Waals surface area contributed by atoms with E-state index in [1.54, 1.807) is 7.11 Å². The molecule has 0 fully saturated rings. The second-order valence-corrected chi connectivity index (χ2v) is 4.78. The number of nitrogens with zero attached hydrogens (tertiary/aromatic N) is 1. The number of nitrogens with one attached hydrogen (secondary N) is 1. The molecule has 0 bridgehead atoms. The lowest BCUT2D eigenvalue weighted by atomic mass is 10.2. The first kappa shape index (κ1) is 13.6. The van der Waals surface area contributed by atoms with Crippen LogP contribution >= 0.6 is 0 Å². The number of imidazole rings is 1. The standard InChI is InChI=1S/C15H20N2O2/c1-11(2)14-8-16-15(17-14)10-19-9-12-4-6-13(18-3)7-5-12/h4-8,11H,9-10H2,1-3H3,(H,16,17). The van der Waals surface area contributed by atoms with Gasteiger partial charge in [-0.1, -0.05) is 26.0 Å². The van der Waals surface area contributed by atoms with E-state index in [-0.39, 0.29) is 0 Å². The lowest BCUT2D eigenvalue weighted by Crippen LogP contribution is -1.96. The monoisotopic (exact) mass is 260 g/mol. The van der Waals surface area contributed by atoms with Crippen molar-refractivity contribution in [2.24, 2.45) is 0 Å². The normalized spacial score (nSPS) is 10.9. The summed E-state index contributed by atoms with van der Waals surface area (Å²) >= 11 is 0. The van der Waals surface area contributed by atoms with Gasteiger partial charge in [-0.15, -0.1) is 0 Å². The molecule has 0 amide bonds. The number of benzene rings is 1. The van der Waals surface area contributed by atoms with Crippen LogP contribution in [-0.2, 0) is 18.0 Å². The highest BCUT2D eigenvalue weighted by Crippen LogP contribution is 2.13. The Morgan fingerprint density at radius 1 is 1.16 bits per heavy atom. The Kier molecular flexibility index (Phi) is 4.58. The van der Waals surface area contributed by atoms with Gasteiger partial charge in [-0.05, 0) is 23.6 Å². The smallest absolute Gasteiger partial charge is 0.132 e. The third-order valence-corrected chi connectivity index (χ3v) is 2.94. The van der Waals surface area contributed by atoms with Crippen molar-refractivity contribution < 1.29 is 9.47 Å². The van der Waals surface area contributed by atoms with Crippen LogP contribution in [0.4, 0.5) is 0 Å². The predicted molar refractivity (Wildman–Crippen MR) is 74.2 cm³/mol. The van der Waals surface area contributed by atoms with Gasteiger partial charge in [-0.25, -0.2) is 4.98 Å². The molecule has 4 heteroatoms. The van der Waals surface area contributed by atoms with E-state index in [9.17, 15) is 0 Å². The van der Waals surface area contributed by atoms with Crippen molar-refractivity contribution in [3.8, 4) is 5.75 Å². The maximum Gasteiger partial charge on any atom is 0.132 e. The molecule has 0 atom stereocenters. The van der Waals surface area contributed by atoms with Crippen LogP contribution in [-0.4, -0.2) is 17.1 Å². The fourth-order valence-corrected chi connectivity index (χ4v) is 1.73. The molecule has 0 spiro atoms. The van der Waals surface area contributed by atoms with Crippen LogP contribution < -0.4 is 4.74 Å². The Balaban J connectivity index is 1.81. The zero-order chi connectivity index (χ0) is 13.7. The average molecular weight is 260 g/mol. The van der Waals surface area contributed by atoms with E-state index >= 15 is 0 Å². The Morgan fingerprint density at radius 3 is 2.47 bits per heavy atom. The number of aromatic nitrogens is 2. The first-order valence-corrected chi connectivity index (χ1v) is 6.43. The van der Waals surface area contributed by atoms with Crippen molar-refractivity contribution in [1.29, 1.82) is 0 Å². The highest BCUT2D eigenvalue weighted by atomic mass is 16.5. The average Bonchev–Trinajstić information content (AvgIpc) is 2.89. The molecule has 19 heavy (non-hydrogen) atoms. The fraction of sp³-hybridized carbons (Fsp3) is 0.400. The van der Waals surface area contributed by atoms with Crippen molar-refractivity contribution in [3.05, 3.63) is 47.5 Å². The van der Waals surface area contributed by atoms with Crippen LogP contribution in [0.1, 0.15) is 36.8 Å². The minimum atomic E-state index is 0.461. The summed E-state index contributed by atoms with van der Waals surface area (Å²) in [6.07, 6.45) is 1.87. The van der Waals surface area contributed by atoms with Crippen LogP contribution in [0, 0.1) is 0 Å². The van der Waals surface area contributed by atoms with Crippen molar-refractivity contribution in [2.45, 2.75) is 33.0 Å². The highest BCUT2D eigenvalue weighted by Gasteiger charge is 2.04. The maximum absolute atomic E-state index is 5.64. The Labute approximate surface area is 113 Å². The SMILES string of the molecule is COc1ccc(COCc2ncc(C(C)C)[nH]2)cc1. The molecule has 0 unspecified atom stereocenters. The van der Waals surface area contributed by atoms with Gasteiger partial charge >= 0.3 is 0 Å². The van der Waals surface area contributed by atoms with Gasteiger partial charge in [0.25, 0.3) is 0 Å². The Hall–Kier alpha value is -1.81. The number of aromatic amines is 1. The van der Waals surface area contributed by atoms with E-state index < -0.39 is 0 Å². The molecule has 2 aromatic rings. The molecule has 4 nitrogen and oxygen atoms in total. The first-order valence-electron chi connectivity index (χ1n) is 6.43. The molecule has 0 aliphatic heterocycles. The maximum atomic E-state index is 5.64. The molecule has 0 radical (unpaired) electrons. The zero-order valence-corrected chi connectivity index (χ0v) is 11.6. The lowest BCUT2D eigenvalue weighted by Gasteiger charge is -2.04. The van der Waals surface area contributed by atoms with Gasteiger partial charge in [-0.2, -0.15) is 0 Å². The first-order chi connectivity index (χ1) is 9.19. The second-order valence-electron chi connectivity index (χ2n) is 4.78. The third kappa shape index (κ3) is 3.83. The molecule has 2 rings (SSSR count). The number of hydrogen-bond donors (Lipinski definition) is 1. The van der Waals surface area contributed by atoms with E-state index in [1.165, 1.54) is 0 Å². The molecule has 0 aliphatic rings. The minimum Gasteiger partial charge on any atom is -0.497 e. The molecule has 0 saturated heterocycles. The summed E-state index contributed by atoms with van der Waals surface area (Å²) in [7, 11) is 1.66. The van der Waals surface area contributed by atoms with Crippen LogP contribution in [0.15, 0.2) is 30.5 Å². The molecule has 1 aromatic heterocycles. The number of hydrogen-bond acceptors (Lipinski definition) is 3. The number of methoxy groups -OCH3 is 1. The van der Waals surface area contributed by atoms with E-state index in [4.69, 9.17) is 9.47 Å². The van der Waals surface area contributed by atoms with E-state index in [1.807, 2.05) is 30.5 Å². The van der Waals surface area contributed by atoms with Gasteiger partial charge in [0, 0.05) is 11.9 Å². The van der Waals surface area contributed by atoms with Gasteiger partial charge in [-0.3, -0.25) is 0 Å². The van der Waals surface area contributed by atoms with E-state index in [2.05, 4.69) is 23.8 Å². The molecule has 1 aromatic carbocycles. The van der Waals surface area contributed by atoms with Crippen molar-refractivity contribution >= 4 is 0 Å². The summed E-state index contributed by atoms with van der Waals surface area (Å²) in [4.78, 5) is 7.56. The summed E-state index contributed by atoms with van der Waals surface area (Å²) in [6.45, 7) is 5.34. The zero-order valence-electron chi connectivity index (χ0n) is 11.6. The van der Waals surface area contributed by atoms with Gasteiger partial charge in [0.2, 0.25) is 0 Å². The topological polar surface area (TPSA) is 47.1 Å². The fourth-order valence-electron chi connectivity index (χ4n) is 1.73. The molecule has 0 saturated carbocycles. The molecular formula is C15H20N2O2. The van der Waals surface area contributed by atoms with Gasteiger partial charge in [0.15, 0.2) is 0 Å². The number of rotatable bonds is 6. The molecule has 102 valence electrons. The van der Waals surface area contributed by atoms with Crippen LogP contribution in [0.3, 0.4) is 0 Å². The highest BCUT2D eigenvalue weighted by molar-refractivity contribution is 5.26. The lowest BCUT2D eigenvalue weighted by molar-refractivity contribution is 0.102. The minimum absolute atomic E-state index is 0.461. The van der Waals surface area contributed by atoms with Crippen molar-refractivity contribution in [1.82, 2.24) is 9.97 Å². The summed E-state index contributed by atoms with van der Waals surface area (Å²) in [5.41, 5.74) is 2.26. The second kappa shape index (κ2) is 6.38. The molecular weight excluding hydrogens is 240 g/mol. The quantitative estimate of drug-likeness (QED) is 0.867. The molecule has 0 aliphatic carbocycles. The Morgan fingerprint density at radius 2 is 1.89 bits per heavy atom. The largest absolute Gasteiger partial charge is 0.497 e. The third-order valence-electron chi connectivity index (χ3n) is 2.94. The Bertz CT molecular complexity index is 503. The molecule has 1 heterocycles. The summed E-state index contributed by atoms with van der Waals surface area (Å²) in [5.74, 6) is 2.19. The van der Waals surface area contributed by atoms with E-state index in [0.29, 0.717) is 19.1 Å². The summed E-state index contributed by atoms with van der Waals surface area (Å²) in [5, 5.41) is 0. The van der Waals surface area contributed by atoms with Crippen molar-refractivity contribution in [2.75, 3.05) is 7.11 Å². The number of H-pyrrole nitrogens is 1. The van der Waals surface area contributed by atoms with Crippen LogP contribution in [0.5, 0.6) is 5.75 Å².